The topological polar surface area (TPSA) is 307 Å². The van der Waals surface area contributed by atoms with Gasteiger partial charge in [-0.15, -0.1) is 0 Å². The number of ether oxygens (including phenoxy) is 6. The van der Waals surface area contributed by atoms with Gasteiger partial charge in [-0.2, -0.15) is 0 Å². The number of aliphatic hydroxyl groups is 11. The molecule has 3 aliphatic rings. The summed E-state index contributed by atoms with van der Waals surface area (Å²) in [6.45, 7) is 1.55. The zero-order valence-electron chi connectivity index (χ0n) is 39.9. The lowest BCUT2D eigenvalue weighted by atomic mass is 9.96. The third kappa shape index (κ3) is 20.1. The molecule has 3 rings (SSSR count). The Labute approximate surface area is 397 Å². The number of unbranched alkanes of at least 4 members (excludes halogenated alkanes) is 16. The van der Waals surface area contributed by atoms with Gasteiger partial charge in [0, 0.05) is 6.42 Å². The average Bonchev–Trinajstić information content (AvgIpc) is 3.32. The van der Waals surface area contributed by atoms with Crippen molar-refractivity contribution in [1.82, 2.24) is 5.32 Å². The van der Waals surface area contributed by atoms with Crippen LogP contribution in [0.1, 0.15) is 142 Å². The van der Waals surface area contributed by atoms with E-state index in [4.69, 9.17) is 28.4 Å². The van der Waals surface area contributed by atoms with Crippen LogP contribution in [-0.2, 0) is 33.2 Å². The Bertz CT molecular complexity index is 1340. The highest BCUT2D eigenvalue weighted by Crippen LogP contribution is 2.33. The predicted octanol–water partition coefficient (Wildman–Crippen LogP) is 1.25. The van der Waals surface area contributed by atoms with E-state index in [0.29, 0.717) is 12.8 Å². The summed E-state index contributed by atoms with van der Waals surface area (Å²) in [7, 11) is 0. The van der Waals surface area contributed by atoms with Gasteiger partial charge in [0.05, 0.1) is 38.6 Å². The molecule has 0 saturated carbocycles. The van der Waals surface area contributed by atoms with Crippen LogP contribution in [-0.4, -0.2) is 193 Å². The average molecular weight is 966 g/mol. The van der Waals surface area contributed by atoms with Gasteiger partial charge in [0.2, 0.25) is 5.91 Å². The van der Waals surface area contributed by atoms with Gasteiger partial charge in [0.15, 0.2) is 18.9 Å². The largest absolute Gasteiger partial charge is 0.394 e. The second-order valence-corrected chi connectivity index (χ2v) is 18.3. The minimum absolute atomic E-state index is 0.231. The lowest BCUT2D eigenvalue weighted by Gasteiger charge is -2.48. The molecule has 0 bridgehead atoms. The summed E-state index contributed by atoms with van der Waals surface area (Å²) in [5.74, 6) is -0.301. The van der Waals surface area contributed by atoms with Crippen LogP contribution in [0, 0.1) is 0 Å². The van der Waals surface area contributed by atoms with Gasteiger partial charge in [0.25, 0.3) is 0 Å². The van der Waals surface area contributed by atoms with Crippen LogP contribution < -0.4 is 5.32 Å². The fourth-order valence-electron chi connectivity index (χ4n) is 8.50. The molecular weight excluding hydrogens is 879 g/mol. The first-order chi connectivity index (χ1) is 32.3. The van der Waals surface area contributed by atoms with E-state index >= 15 is 0 Å². The van der Waals surface area contributed by atoms with Crippen molar-refractivity contribution >= 4 is 5.91 Å². The molecule has 19 nitrogen and oxygen atoms in total. The summed E-state index contributed by atoms with van der Waals surface area (Å²) in [5, 5.41) is 119. The molecule has 0 aromatic carbocycles. The molecule has 3 heterocycles. The quantitative estimate of drug-likeness (QED) is 0.0319. The summed E-state index contributed by atoms with van der Waals surface area (Å²) >= 11 is 0. The number of hydrogen-bond donors (Lipinski definition) is 12. The van der Waals surface area contributed by atoms with E-state index in [1.807, 2.05) is 6.08 Å². The number of carbonyl (C=O) groups excluding carboxylic acids is 1. The zero-order chi connectivity index (χ0) is 49.1. The van der Waals surface area contributed by atoms with E-state index in [1.54, 1.807) is 6.08 Å². The number of allylic oxidation sites excluding steroid dienone is 3. The third-order valence-corrected chi connectivity index (χ3v) is 12.8. The molecule has 12 N–H and O–H groups in total. The molecule has 0 radical (unpaired) electrons. The van der Waals surface area contributed by atoms with Crippen molar-refractivity contribution in [2.45, 2.75) is 247 Å². The smallest absolute Gasteiger partial charge is 0.220 e. The van der Waals surface area contributed by atoms with E-state index in [0.717, 1.165) is 44.9 Å². The van der Waals surface area contributed by atoms with Gasteiger partial charge in [-0.05, 0) is 32.1 Å². The Morgan fingerprint density at radius 2 is 0.955 bits per heavy atom. The maximum Gasteiger partial charge on any atom is 0.220 e. The van der Waals surface area contributed by atoms with Gasteiger partial charge in [-0.3, -0.25) is 4.79 Å². The van der Waals surface area contributed by atoms with E-state index < -0.39 is 124 Å². The zero-order valence-corrected chi connectivity index (χ0v) is 39.9. The summed E-state index contributed by atoms with van der Waals surface area (Å²) in [5.41, 5.74) is 0. The fourth-order valence-corrected chi connectivity index (χ4v) is 8.50. The van der Waals surface area contributed by atoms with Crippen molar-refractivity contribution in [3.63, 3.8) is 0 Å². The van der Waals surface area contributed by atoms with Crippen LogP contribution in [0.5, 0.6) is 0 Å². The molecular formula is C48H87NO18. The molecule has 3 saturated heterocycles. The highest BCUT2D eigenvalue weighted by molar-refractivity contribution is 5.76. The van der Waals surface area contributed by atoms with Crippen LogP contribution in [0.2, 0.25) is 0 Å². The lowest BCUT2D eigenvalue weighted by Crippen LogP contribution is -2.66. The highest BCUT2D eigenvalue weighted by atomic mass is 16.8. The molecule has 1 amide bonds. The van der Waals surface area contributed by atoms with Crippen molar-refractivity contribution in [2.75, 3.05) is 26.4 Å². The van der Waals surface area contributed by atoms with E-state index in [2.05, 4.69) is 31.3 Å². The molecule has 3 aliphatic heterocycles. The minimum Gasteiger partial charge on any atom is -0.394 e. The Balaban J connectivity index is 1.54. The lowest BCUT2D eigenvalue weighted by molar-refractivity contribution is -0.379. The first kappa shape index (κ1) is 59.6. The van der Waals surface area contributed by atoms with Crippen molar-refractivity contribution in [2.24, 2.45) is 0 Å². The number of rotatable bonds is 34. The summed E-state index contributed by atoms with van der Waals surface area (Å²) < 4.78 is 34.0. The Morgan fingerprint density at radius 1 is 0.522 bits per heavy atom. The third-order valence-electron chi connectivity index (χ3n) is 12.8. The second kappa shape index (κ2) is 33.8. The molecule has 392 valence electrons. The summed E-state index contributed by atoms with van der Waals surface area (Å²) in [6.07, 6.45) is 2.53. The Kier molecular flexibility index (Phi) is 30.0. The van der Waals surface area contributed by atoms with E-state index in [1.165, 1.54) is 64.2 Å². The first-order valence-electron chi connectivity index (χ1n) is 25.1. The number of amides is 1. The standard InChI is InChI=1S/C48H87NO18/c1-3-5-7-9-10-11-12-13-14-15-16-17-18-19-20-22-23-25-32(53)31(49-36(54)26-24-21-8-6-4-2)30-62-46-42(60)39(57)44(34(28-51)64-46)67-48-43(61)40(58)45(35(29-52)65-48)66-47-41(59)38(56)37(55)33(27-50)63-47/h18-19,23,25,31-35,37-48,50-53,55-61H,3-17,20-22,24,26-30H2,1-2H3,(H,49,54)/b19-18+,25-23+. The van der Waals surface area contributed by atoms with Crippen molar-refractivity contribution in [1.29, 1.82) is 0 Å². The normalized spacial score (nSPS) is 33.7. The maximum absolute atomic E-state index is 13.0. The first-order valence-corrected chi connectivity index (χ1v) is 25.1. The number of nitrogens with one attached hydrogen (secondary N) is 1. The molecule has 0 aromatic rings. The van der Waals surface area contributed by atoms with Crippen molar-refractivity contribution in [3.8, 4) is 0 Å². The van der Waals surface area contributed by atoms with Gasteiger partial charge in [-0.1, -0.05) is 128 Å². The van der Waals surface area contributed by atoms with E-state index in [9.17, 15) is 61.0 Å². The van der Waals surface area contributed by atoms with Crippen molar-refractivity contribution in [3.05, 3.63) is 24.3 Å². The Hall–Kier alpha value is -1.73. The highest BCUT2D eigenvalue weighted by Gasteiger charge is 2.53. The van der Waals surface area contributed by atoms with Crippen LogP contribution in [0.3, 0.4) is 0 Å². The maximum atomic E-state index is 13.0. The molecule has 3 fully saturated rings. The fraction of sp³-hybridized carbons (Fsp3) is 0.896. The van der Waals surface area contributed by atoms with E-state index in [-0.39, 0.29) is 18.9 Å². The number of hydrogen-bond acceptors (Lipinski definition) is 18. The molecule has 0 aromatic heterocycles. The van der Waals surface area contributed by atoms with Gasteiger partial charge in [0.1, 0.15) is 73.2 Å². The summed E-state index contributed by atoms with van der Waals surface area (Å²) in [4.78, 5) is 13.0. The molecule has 17 unspecified atom stereocenters. The summed E-state index contributed by atoms with van der Waals surface area (Å²) in [6, 6.07) is -0.980. The molecule has 19 heteroatoms. The predicted molar refractivity (Wildman–Crippen MR) is 245 cm³/mol. The molecule has 67 heavy (non-hydrogen) atoms. The second-order valence-electron chi connectivity index (χ2n) is 18.3. The monoisotopic (exact) mass is 966 g/mol. The van der Waals surface area contributed by atoms with Crippen LogP contribution in [0.4, 0.5) is 0 Å². The van der Waals surface area contributed by atoms with Crippen molar-refractivity contribution < 1.29 is 89.4 Å². The van der Waals surface area contributed by atoms with Gasteiger partial charge >= 0.3 is 0 Å². The van der Waals surface area contributed by atoms with Crippen LogP contribution in [0.25, 0.3) is 0 Å². The molecule has 0 aliphatic carbocycles. The SMILES string of the molecule is CCCCCCCCCCCCC/C=C/CC/C=C/C(O)C(COC1OC(CO)C(OC2OC(CO)C(OC3OC(CO)C(O)C(O)C3O)C(O)C2O)C(O)C1O)NC(=O)CCCCCCC. The number of aliphatic hydroxyl groups excluding tert-OH is 11. The Morgan fingerprint density at radius 3 is 1.49 bits per heavy atom. The molecule has 0 spiro atoms. The van der Waals surface area contributed by atoms with Gasteiger partial charge in [-0.25, -0.2) is 0 Å². The minimum atomic E-state index is -1.98. The van der Waals surface area contributed by atoms with Gasteiger partial charge < -0.3 is 89.9 Å². The molecule has 17 atom stereocenters. The van der Waals surface area contributed by atoms with Crippen LogP contribution in [0.15, 0.2) is 24.3 Å². The number of carbonyl (C=O) groups is 1. The van der Waals surface area contributed by atoms with Crippen LogP contribution >= 0.6 is 0 Å².